The predicted octanol–water partition coefficient (Wildman–Crippen LogP) is 1.54. The average molecular weight is 339 g/mol. The normalized spacial score (nSPS) is 32.9. The van der Waals surface area contributed by atoms with Crippen molar-refractivity contribution in [1.29, 1.82) is 0 Å². The lowest BCUT2D eigenvalue weighted by Crippen LogP contribution is -2.79. The molecule has 6 nitrogen and oxygen atoms in total. The maximum atomic E-state index is 13.0. The van der Waals surface area contributed by atoms with E-state index in [1.807, 2.05) is 36.4 Å². The maximum absolute atomic E-state index is 13.0. The number of ether oxygens (including phenoxy) is 1. The van der Waals surface area contributed by atoms with Gasteiger partial charge in [-0.1, -0.05) is 18.2 Å². The van der Waals surface area contributed by atoms with Crippen molar-refractivity contribution in [3.63, 3.8) is 0 Å². The van der Waals surface area contributed by atoms with Crippen molar-refractivity contribution in [3.8, 4) is 5.75 Å². The molecule has 0 unspecified atom stereocenters. The lowest BCUT2D eigenvalue weighted by molar-refractivity contribution is -0.973. The molecular formula is C19H23N4O2+. The molecular weight excluding hydrogens is 316 g/mol. The van der Waals surface area contributed by atoms with Gasteiger partial charge < -0.3 is 4.74 Å². The number of benzene rings is 2. The Morgan fingerprint density at radius 1 is 0.960 bits per heavy atom. The second-order valence-electron chi connectivity index (χ2n) is 7.71. The number of carbonyl (C=O) groups excluding carboxylic acids is 1. The van der Waals surface area contributed by atoms with Crippen LogP contribution in [0.5, 0.6) is 5.75 Å². The third-order valence-corrected chi connectivity index (χ3v) is 5.55. The van der Waals surface area contributed by atoms with Crippen LogP contribution in [0.25, 0.3) is 10.8 Å². The number of fused-ring (bicyclic) bond motifs is 1. The van der Waals surface area contributed by atoms with Crippen LogP contribution in [-0.4, -0.2) is 78.6 Å². The van der Waals surface area contributed by atoms with Crippen LogP contribution in [0.4, 0.5) is 0 Å². The smallest absolute Gasteiger partial charge is 0.217 e. The second kappa shape index (κ2) is 5.51. The lowest BCUT2D eigenvalue weighted by atomic mass is 10.0. The first-order chi connectivity index (χ1) is 12.1. The van der Waals surface area contributed by atoms with E-state index in [0.717, 1.165) is 66.6 Å². The first-order valence-corrected chi connectivity index (χ1v) is 8.76. The Morgan fingerprint density at radius 3 is 2.20 bits per heavy atom. The van der Waals surface area contributed by atoms with Crippen LogP contribution < -0.4 is 4.74 Å². The summed E-state index contributed by atoms with van der Waals surface area (Å²) in [6.45, 7) is 6.68. The molecule has 6 rings (SSSR count). The van der Waals surface area contributed by atoms with Gasteiger partial charge in [-0.25, -0.2) is 14.7 Å². The van der Waals surface area contributed by atoms with E-state index >= 15 is 0 Å². The SMILES string of the molecule is COc1ccc2cc(C(=O)C[N+]34CN5CN(CN(C5)C3)C4)ccc2c1. The molecule has 4 heterocycles. The molecule has 0 N–H and O–H groups in total. The topological polar surface area (TPSA) is 36.0 Å². The Kier molecular flexibility index (Phi) is 3.36. The first kappa shape index (κ1) is 15.3. The van der Waals surface area contributed by atoms with Crippen LogP contribution in [-0.2, 0) is 0 Å². The molecule has 4 aliphatic rings. The summed E-state index contributed by atoms with van der Waals surface area (Å²) in [7, 11) is 1.67. The minimum atomic E-state index is 0.239. The van der Waals surface area contributed by atoms with Gasteiger partial charge in [0, 0.05) is 5.56 Å². The number of hydrogen-bond acceptors (Lipinski definition) is 5. The highest BCUT2D eigenvalue weighted by Crippen LogP contribution is 2.29. The summed E-state index contributed by atoms with van der Waals surface area (Å²) in [5, 5.41) is 2.18. The number of hydrogen-bond donors (Lipinski definition) is 0. The molecule has 2 aromatic carbocycles. The van der Waals surface area contributed by atoms with Crippen molar-refractivity contribution in [1.82, 2.24) is 14.7 Å². The van der Waals surface area contributed by atoms with Crippen LogP contribution in [0.15, 0.2) is 36.4 Å². The average Bonchev–Trinajstić information content (AvgIpc) is 2.59. The van der Waals surface area contributed by atoms with Crippen LogP contribution in [0.2, 0.25) is 0 Å². The zero-order valence-electron chi connectivity index (χ0n) is 14.5. The Morgan fingerprint density at radius 2 is 1.56 bits per heavy atom. The number of Topliss-reactive ketones (excluding diaryl/α,β-unsaturated/α-hetero) is 1. The monoisotopic (exact) mass is 339 g/mol. The minimum absolute atomic E-state index is 0.239. The Hall–Kier alpha value is -1.99. The van der Waals surface area contributed by atoms with Gasteiger partial charge in [0.2, 0.25) is 5.78 Å². The summed E-state index contributed by atoms with van der Waals surface area (Å²) < 4.78 is 6.12. The standard InChI is InChI=1S/C19H23N4O2/c1-25-18-5-4-15-6-17(3-2-16(15)7-18)19(24)8-23-12-20-9-21(13-23)11-22(10-20)14-23/h2-7H,8-14H2,1H3/q+1. The number of methoxy groups -OCH3 is 1. The third-order valence-electron chi connectivity index (χ3n) is 5.55. The van der Waals surface area contributed by atoms with E-state index in [9.17, 15) is 4.79 Å². The number of ketones is 1. The van der Waals surface area contributed by atoms with Crippen molar-refractivity contribution in [2.75, 3.05) is 53.7 Å². The molecule has 0 aliphatic carbocycles. The summed E-state index contributed by atoms with van der Waals surface area (Å²) in [4.78, 5) is 20.3. The van der Waals surface area contributed by atoms with Gasteiger partial charge in [-0.3, -0.25) is 9.28 Å². The molecule has 2 aromatic rings. The summed E-state index contributed by atoms with van der Waals surface area (Å²) in [5.41, 5.74) is 0.812. The highest BCUT2D eigenvalue weighted by atomic mass is 16.5. The highest BCUT2D eigenvalue weighted by molar-refractivity contribution is 6.00. The van der Waals surface area contributed by atoms with Crippen LogP contribution in [0.1, 0.15) is 10.4 Å². The quantitative estimate of drug-likeness (QED) is 0.624. The molecule has 4 aliphatic heterocycles. The summed E-state index contributed by atoms with van der Waals surface area (Å²) in [6.07, 6.45) is 0. The van der Waals surface area contributed by atoms with Gasteiger partial charge in [-0.05, 0) is 29.0 Å². The molecule has 0 amide bonds. The highest BCUT2D eigenvalue weighted by Gasteiger charge is 2.49. The molecule has 0 atom stereocenters. The summed E-state index contributed by atoms with van der Waals surface area (Å²) >= 11 is 0. The Balaban J connectivity index is 1.40. The third kappa shape index (κ3) is 2.62. The van der Waals surface area contributed by atoms with Crippen molar-refractivity contribution >= 4 is 16.6 Å². The van der Waals surface area contributed by atoms with Crippen LogP contribution in [0.3, 0.4) is 0 Å². The molecule has 25 heavy (non-hydrogen) atoms. The van der Waals surface area contributed by atoms with E-state index < -0.39 is 0 Å². The molecule has 4 fully saturated rings. The van der Waals surface area contributed by atoms with E-state index in [1.165, 1.54) is 0 Å². The molecule has 0 aromatic heterocycles. The van der Waals surface area contributed by atoms with E-state index in [4.69, 9.17) is 4.74 Å². The van der Waals surface area contributed by atoms with Crippen LogP contribution in [0, 0.1) is 0 Å². The first-order valence-electron chi connectivity index (χ1n) is 8.76. The van der Waals surface area contributed by atoms with Gasteiger partial charge in [-0.2, -0.15) is 0 Å². The second-order valence-corrected chi connectivity index (χ2v) is 7.71. The predicted molar refractivity (Wildman–Crippen MR) is 94.7 cm³/mol. The van der Waals surface area contributed by atoms with Gasteiger partial charge in [0.15, 0.2) is 0 Å². The van der Waals surface area contributed by atoms with Crippen molar-refractivity contribution in [2.45, 2.75) is 0 Å². The number of carbonyl (C=O) groups is 1. The minimum Gasteiger partial charge on any atom is -0.497 e. The number of rotatable bonds is 4. The van der Waals surface area contributed by atoms with Crippen molar-refractivity contribution < 1.29 is 14.0 Å². The molecule has 4 bridgehead atoms. The van der Waals surface area contributed by atoms with Gasteiger partial charge in [-0.15, -0.1) is 0 Å². The zero-order valence-corrected chi connectivity index (χ0v) is 14.5. The van der Waals surface area contributed by atoms with Gasteiger partial charge >= 0.3 is 0 Å². The van der Waals surface area contributed by atoms with Gasteiger partial charge in [0.05, 0.1) is 27.1 Å². The van der Waals surface area contributed by atoms with Crippen molar-refractivity contribution in [2.24, 2.45) is 0 Å². The molecule has 0 radical (unpaired) electrons. The molecule has 6 heteroatoms. The summed E-state index contributed by atoms with van der Waals surface area (Å²) in [5.74, 6) is 1.08. The number of nitrogens with zero attached hydrogens (tertiary/aromatic N) is 4. The van der Waals surface area contributed by atoms with E-state index in [-0.39, 0.29) is 5.78 Å². The van der Waals surface area contributed by atoms with Crippen molar-refractivity contribution in [3.05, 3.63) is 42.0 Å². The molecule has 130 valence electrons. The fourth-order valence-electron chi connectivity index (χ4n) is 4.73. The number of quaternary nitrogens is 1. The maximum Gasteiger partial charge on any atom is 0.217 e. The Labute approximate surface area is 147 Å². The Bertz CT molecular complexity index is 815. The van der Waals surface area contributed by atoms with Gasteiger partial charge in [0.1, 0.15) is 32.3 Å². The lowest BCUT2D eigenvalue weighted by Gasteiger charge is -2.60. The molecule has 4 saturated heterocycles. The zero-order chi connectivity index (χ0) is 17.0. The largest absolute Gasteiger partial charge is 0.497 e. The van der Waals surface area contributed by atoms with E-state index in [0.29, 0.717) is 6.54 Å². The molecule has 0 saturated carbocycles. The van der Waals surface area contributed by atoms with Crippen LogP contribution >= 0.6 is 0 Å². The van der Waals surface area contributed by atoms with Gasteiger partial charge in [0.25, 0.3) is 0 Å². The fraction of sp³-hybridized carbons (Fsp3) is 0.421. The summed E-state index contributed by atoms with van der Waals surface area (Å²) in [6, 6.07) is 12.0. The fourth-order valence-corrected chi connectivity index (χ4v) is 4.73. The van der Waals surface area contributed by atoms with E-state index in [2.05, 4.69) is 14.7 Å². The molecule has 0 spiro atoms. The van der Waals surface area contributed by atoms with E-state index in [1.54, 1.807) is 7.11 Å².